The SMILES string of the molecule is CCNCC1C(C2CCC3(C#CC(CC(O)C(O)C(CCC(C)C)C(C4=CCNC(N)=C4)c4ccc5ccccc5c4)c4cc(O)c(OC)cc4CCC3=O)C(O)C2)CC2CNC3CC(=O)CC4c5cc[nH]c5C1C2C34. The lowest BCUT2D eigenvalue weighted by Gasteiger charge is -2.61. The number of phenols is 1. The molecular weight excluding hydrogens is 951 g/mol. The number of ether oxygens (including phenoxy) is 1. The fraction of sp³-hybridized carbons (Fsp3) is 0.562. The number of methoxy groups -OCH3 is 1. The lowest BCUT2D eigenvalue weighted by Crippen LogP contribution is -2.63. The van der Waals surface area contributed by atoms with E-state index in [1.165, 1.54) is 18.4 Å². The Morgan fingerprint density at radius 2 is 1.79 bits per heavy atom. The minimum absolute atomic E-state index is 0.0287. The minimum Gasteiger partial charge on any atom is -0.504 e. The van der Waals surface area contributed by atoms with Crippen LogP contribution in [0.3, 0.4) is 0 Å². The average Bonchev–Trinajstić information content (AvgIpc) is 3.98. The molecule has 10 N–H and O–H groups in total. The summed E-state index contributed by atoms with van der Waals surface area (Å²) in [5, 5.41) is 62.7. The van der Waals surface area contributed by atoms with Crippen molar-refractivity contribution in [1.29, 1.82) is 0 Å². The average molecular weight is 1030 g/mol. The van der Waals surface area contributed by atoms with E-state index in [0.717, 1.165) is 66.4 Å². The number of nitrogens with one attached hydrogen (secondary N) is 4. The number of carbonyl (C=O) groups excluding carboxylic acids is 2. The zero-order valence-electron chi connectivity index (χ0n) is 44.9. The molecular formula is C64H81N5O7. The number of nitrogens with two attached hydrogens (primary N) is 1. The quantitative estimate of drug-likeness (QED) is 0.0520. The third-order valence-electron chi connectivity index (χ3n) is 19.9. The molecule has 11 rings (SSSR count). The van der Waals surface area contributed by atoms with Crippen LogP contribution in [0.5, 0.6) is 11.5 Å². The monoisotopic (exact) mass is 1030 g/mol. The Balaban J connectivity index is 0.916. The maximum absolute atomic E-state index is 15.0. The van der Waals surface area contributed by atoms with Crippen molar-refractivity contribution in [1.82, 2.24) is 20.9 Å². The molecule has 3 aromatic carbocycles. The number of dihydropyridines is 1. The fourth-order valence-electron chi connectivity index (χ4n) is 16.3. The Labute approximate surface area is 449 Å². The van der Waals surface area contributed by atoms with Crippen LogP contribution in [0.25, 0.3) is 10.8 Å². The number of aromatic amines is 1. The van der Waals surface area contributed by atoms with Crippen LogP contribution in [0.2, 0.25) is 0 Å². The first kappa shape index (κ1) is 52.6. The first-order chi connectivity index (χ1) is 36.8. The molecule has 0 amide bonds. The van der Waals surface area contributed by atoms with E-state index < -0.39 is 35.6 Å². The van der Waals surface area contributed by atoms with Crippen LogP contribution in [0.1, 0.15) is 137 Å². The van der Waals surface area contributed by atoms with Gasteiger partial charge in [0.05, 0.1) is 31.2 Å². The maximum Gasteiger partial charge on any atom is 0.160 e. The first-order valence-electron chi connectivity index (χ1n) is 28.8. The predicted octanol–water partition coefficient (Wildman–Crippen LogP) is 8.22. The Morgan fingerprint density at radius 3 is 2.57 bits per heavy atom. The topological polar surface area (TPSA) is 202 Å². The highest BCUT2D eigenvalue weighted by molar-refractivity contribution is 5.89. The van der Waals surface area contributed by atoms with Gasteiger partial charge >= 0.3 is 0 Å². The zero-order valence-corrected chi connectivity index (χ0v) is 44.9. The number of allylic oxidation sites excluding steroid dienone is 2. The zero-order chi connectivity index (χ0) is 53.0. The summed E-state index contributed by atoms with van der Waals surface area (Å²) in [6, 6.07) is 20.6. The molecule has 5 aliphatic carbocycles. The highest BCUT2D eigenvalue weighted by atomic mass is 16.5. The molecule has 1 spiro atoms. The van der Waals surface area contributed by atoms with E-state index in [1.807, 2.05) is 18.2 Å². The van der Waals surface area contributed by atoms with E-state index in [0.29, 0.717) is 104 Å². The molecule has 7 aliphatic rings. The van der Waals surface area contributed by atoms with Gasteiger partial charge < -0.3 is 51.8 Å². The molecule has 404 valence electrons. The number of ketones is 2. The highest BCUT2D eigenvalue weighted by Crippen LogP contribution is 2.63. The van der Waals surface area contributed by atoms with Crippen LogP contribution in [0, 0.1) is 64.6 Å². The van der Waals surface area contributed by atoms with Crippen molar-refractivity contribution in [2.75, 3.05) is 33.3 Å². The van der Waals surface area contributed by atoms with E-state index in [1.54, 1.807) is 12.1 Å². The summed E-state index contributed by atoms with van der Waals surface area (Å²) in [5.41, 5.74) is 11.2. The molecule has 1 saturated heterocycles. The molecule has 76 heavy (non-hydrogen) atoms. The number of aromatic hydroxyl groups is 1. The molecule has 1 aromatic heterocycles. The smallest absolute Gasteiger partial charge is 0.160 e. The second kappa shape index (κ2) is 21.8. The van der Waals surface area contributed by atoms with Crippen molar-refractivity contribution in [3.8, 4) is 23.3 Å². The molecule has 3 saturated carbocycles. The molecule has 12 heteroatoms. The third kappa shape index (κ3) is 9.71. The Bertz CT molecular complexity index is 2930. The number of carbonyl (C=O) groups is 2. The number of benzene rings is 3. The Kier molecular flexibility index (Phi) is 15.1. The predicted molar refractivity (Wildman–Crippen MR) is 296 cm³/mol. The first-order valence-corrected chi connectivity index (χ1v) is 28.8. The normalized spacial score (nSPS) is 32.4. The number of Topliss-reactive ketones (excluding diaryl/α,β-unsaturated/α-hetero) is 2. The van der Waals surface area contributed by atoms with Crippen LogP contribution >= 0.6 is 0 Å². The van der Waals surface area contributed by atoms with E-state index in [-0.39, 0.29) is 53.9 Å². The summed E-state index contributed by atoms with van der Waals surface area (Å²) in [5.74, 6) is 9.58. The summed E-state index contributed by atoms with van der Waals surface area (Å²) in [7, 11) is 1.50. The van der Waals surface area contributed by atoms with Crippen molar-refractivity contribution in [2.45, 2.75) is 139 Å². The van der Waals surface area contributed by atoms with Crippen molar-refractivity contribution in [2.24, 2.45) is 58.5 Å². The number of phenolic OH excluding ortho intramolecular Hbond substituents is 1. The third-order valence-corrected chi connectivity index (χ3v) is 19.9. The van der Waals surface area contributed by atoms with Gasteiger partial charge in [-0.25, -0.2) is 0 Å². The van der Waals surface area contributed by atoms with Gasteiger partial charge in [0.2, 0.25) is 0 Å². The molecule has 16 atom stereocenters. The number of aryl methyl sites for hydroxylation is 1. The maximum atomic E-state index is 15.0. The molecule has 12 nitrogen and oxygen atoms in total. The number of H-pyrrole nitrogens is 1. The van der Waals surface area contributed by atoms with Gasteiger partial charge in [-0.1, -0.05) is 87.6 Å². The van der Waals surface area contributed by atoms with Gasteiger partial charge in [0.25, 0.3) is 0 Å². The van der Waals surface area contributed by atoms with Crippen molar-refractivity contribution in [3.63, 3.8) is 0 Å². The van der Waals surface area contributed by atoms with Gasteiger partial charge in [-0.3, -0.25) is 9.59 Å². The number of aromatic nitrogens is 1. The molecule has 4 aromatic rings. The lowest BCUT2D eigenvalue weighted by molar-refractivity contribution is -0.137. The van der Waals surface area contributed by atoms with E-state index >= 15 is 0 Å². The number of fused-ring (bicyclic) bond motifs is 5. The van der Waals surface area contributed by atoms with Crippen LogP contribution in [-0.2, 0) is 16.0 Å². The van der Waals surface area contributed by atoms with E-state index in [4.69, 9.17) is 10.5 Å². The molecule has 0 radical (unpaired) electrons. The van der Waals surface area contributed by atoms with Crippen LogP contribution in [0.15, 0.2) is 90.4 Å². The number of aliphatic hydroxyl groups excluding tert-OH is 3. The minimum atomic E-state index is -1.32. The van der Waals surface area contributed by atoms with Gasteiger partial charge in [-0.2, -0.15) is 0 Å². The van der Waals surface area contributed by atoms with E-state index in [9.17, 15) is 30.0 Å². The molecule has 2 aliphatic heterocycles. The van der Waals surface area contributed by atoms with Gasteiger partial charge in [-0.15, -0.1) is 0 Å². The summed E-state index contributed by atoms with van der Waals surface area (Å²) in [6.45, 7) is 9.67. The van der Waals surface area contributed by atoms with Crippen LogP contribution < -0.4 is 26.4 Å². The number of piperidine rings is 1. The highest BCUT2D eigenvalue weighted by Gasteiger charge is 2.60. The summed E-state index contributed by atoms with van der Waals surface area (Å²) in [4.78, 5) is 31.9. The molecule has 0 bridgehead atoms. The largest absolute Gasteiger partial charge is 0.504 e. The Morgan fingerprint density at radius 1 is 0.961 bits per heavy atom. The van der Waals surface area contributed by atoms with E-state index in [2.05, 4.69) is 102 Å². The molecule has 4 fully saturated rings. The van der Waals surface area contributed by atoms with Gasteiger partial charge in [0, 0.05) is 61.5 Å². The molecule has 16 unspecified atom stereocenters. The number of rotatable bonds is 15. The van der Waals surface area contributed by atoms with Crippen LogP contribution in [-0.4, -0.2) is 94.6 Å². The number of aliphatic hydroxyl groups is 3. The summed E-state index contributed by atoms with van der Waals surface area (Å²) in [6.07, 6.45) is 8.53. The number of hydrogen-bond acceptors (Lipinski definition) is 11. The van der Waals surface area contributed by atoms with Gasteiger partial charge in [0.1, 0.15) is 11.2 Å². The fourth-order valence-corrected chi connectivity index (χ4v) is 16.3. The lowest BCUT2D eigenvalue weighted by atomic mass is 9.46. The second-order valence-corrected chi connectivity index (χ2v) is 24.4. The van der Waals surface area contributed by atoms with Crippen LogP contribution in [0.4, 0.5) is 0 Å². The van der Waals surface area contributed by atoms with Crippen molar-refractivity contribution >= 4 is 22.3 Å². The Hall–Kier alpha value is -5.42. The summed E-state index contributed by atoms with van der Waals surface area (Å²) >= 11 is 0. The van der Waals surface area contributed by atoms with Gasteiger partial charge in [0.15, 0.2) is 17.3 Å². The van der Waals surface area contributed by atoms with Gasteiger partial charge in [-0.05, 0) is 181 Å². The van der Waals surface area contributed by atoms with Crippen molar-refractivity contribution < 1.29 is 34.8 Å². The standard InChI is InChI=1S/C64H81N5O7/c1-5-66-34-50-48(25-43-33-69-51-31-44(70)30-49-45-19-23-68-62(45)61(50)59(43)60(49)51)40-17-21-64(56(74)28-40)20-16-39(47-32-52(71)54(76-4)27-38(47)13-15-55(64)73)26-53(72)63(75)46(14-10-35(2)3)58(42-18-22-67-57(65)29-42)41-12-11-36-8-6-7-9-37(36)24-41/h6-9,11-12,18-19,23-24,27,29,32,35,39-40,43,46,48-51,53,56,58-61,63,66-69,71-72,74-75H,5,10,13-15,17,21-22,25-26,28,30-31,33-34,65H2,1-4H3. The number of hydrogen-bond donors (Lipinski definition) is 9. The summed E-state index contributed by atoms with van der Waals surface area (Å²) < 4.78 is 5.61. The molecule has 3 heterocycles. The second-order valence-electron chi connectivity index (χ2n) is 24.4. The van der Waals surface area contributed by atoms with Crippen molar-refractivity contribution in [3.05, 3.63) is 118 Å².